The largest absolute Gasteiger partial charge is 0.300 e. The van der Waals surface area contributed by atoms with Crippen LogP contribution >= 0.6 is 46.2 Å². The van der Waals surface area contributed by atoms with Crippen molar-refractivity contribution < 1.29 is 4.79 Å². The Morgan fingerprint density at radius 1 is 1.50 bits per heavy atom. The van der Waals surface area contributed by atoms with Gasteiger partial charge in [-0.2, -0.15) is 0 Å². The average molecular weight is 344 g/mol. The van der Waals surface area contributed by atoms with Crippen molar-refractivity contribution in [1.82, 2.24) is 10.2 Å². The number of amides is 1. The lowest BCUT2D eigenvalue weighted by atomic mass is 10.5. The van der Waals surface area contributed by atoms with Crippen molar-refractivity contribution in [3.63, 3.8) is 0 Å². The number of anilines is 1. The van der Waals surface area contributed by atoms with Gasteiger partial charge in [0.15, 0.2) is 4.34 Å². The summed E-state index contributed by atoms with van der Waals surface area (Å²) >= 11 is 6.28. The molecule has 0 spiro atoms. The molecule has 0 bridgehead atoms. The van der Waals surface area contributed by atoms with Crippen molar-refractivity contribution in [2.75, 3.05) is 16.8 Å². The van der Waals surface area contributed by atoms with Gasteiger partial charge in [-0.3, -0.25) is 10.1 Å². The Hall–Kier alpha value is -0.830. The van der Waals surface area contributed by atoms with Gasteiger partial charge in [0.05, 0.1) is 5.75 Å². The number of aromatic nitrogens is 2. The van der Waals surface area contributed by atoms with Crippen molar-refractivity contribution in [2.45, 2.75) is 10.1 Å². The SMILES string of the molecule is C=CCSCC(=O)Nc1nnc(SCc2cccs2)s1. The van der Waals surface area contributed by atoms with Crippen molar-refractivity contribution >= 4 is 57.2 Å². The second-order valence-corrected chi connectivity index (χ2v) is 7.86. The fourth-order valence-corrected chi connectivity index (χ4v) is 4.32. The van der Waals surface area contributed by atoms with E-state index in [4.69, 9.17) is 0 Å². The monoisotopic (exact) mass is 343 g/mol. The highest BCUT2D eigenvalue weighted by molar-refractivity contribution is 8.00. The predicted octanol–water partition coefficient (Wildman–Crippen LogP) is 3.75. The molecule has 2 aromatic heterocycles. The van der Waals surface area contributed by atoms with Gasteiger partial charge in [0.2, 0.25) is 11.0 Å². The second-order valence-electron chi connectivity index (χ2n) is 3.59. The van der Waals surface area contributed by atoms with Crippen molar-refractivity contribution in [2.24, 2.45) is 0 Å². The summed E-state index contributed by atoms with van der Waals surface area (Å²) in [6.07, 6.45) is 1.78. The van der Waals surface area contributed by atoms with Crippen molar-refractivity contribution in [1.29, 1.82) is 0 Å². The molecular formula is C12H13N3OS4. The van der Waals surface area contributed by atoms with Crippen LogP contribution in [0.5, 0.6) is 0 Å². The number of rotatable bonds is 8. The lowest BCUT2D eigenvalue weighted by Gasteiger charge is -1.98. The van der Waals surface area contributed by atoms with E-state index in [1.165, 1.54) is 28.0 Å². The Balaban J connectivity index is 1.76. The number of thioether (sulfide) groups is 2. The first kappa shape index (κ1) is 15.6. The molecule has 0 aliphatic heterocycles. The van der Waals surface area contributed by atoms with E-state index in [1.807, 2.05) is 6.07 Å². The fourth-order valence-electron chi connectivity index (χ4n) is 1.24. The number of nitrogens with zero attached hydrogens (tertiary/aromatic N) is 2. The molecule has 2 heterocycles. The number of nitrogens with one attached hydrogen (secondary N) is 1. The van der Waals surface area contributed by atoms with Gasteiger partial charge in [0.1, 0.15) is 0 Å². The molecule has 0 atom stereocenters. The molecule has 0 saturated carbocycles. The molecule has 2 rings (SSSR count). The molecule has 0 fully saturated rings. The molecule has 0 aliphatic rings. The van der Waals surface area contributed by atoms with Crippen LogP contribution in [0.1, 0.15) is 4.88 Å². The highest BCUT2D eigenvalue weighted by atomic mass is 32.2. The van der Waals surface area contributed by atoms with Gasteiger partial charge in [-0.1, -0.05) is 35.2 Å². The molecule has 8 heteroatoms. The summed E-state index contributed by atoms with van der Waals surface area (Å²) in [6, 6.07) is 4.13. The number of hydrogen-bond donors (Lipinski definition) is 1. The van der Waals surface area contributed by atoms with E-state index in [2.05, 4.69) is 33.5 Å². The zero-order valence-electron chi connectivity index (χ0n) is 10.6. The van der Waals surface area contributed by atoms with E-state index < -0.39 is 0 Å². The summed E-state index contributed by atoms with van der Waals surface area (Å²) in [5, 5.41) is 13.4. The van der Waals surface area contributed by atoms with Crippen LogP contribution in [0.4, 0.5) is 5.13 Å². The van der Waals surface area contributed by atoms with Crippen LogP contribution < -0.4 is 5.32 Å². The highest BCUT2D eigenvalue weighted by Gasteiger charge is 2.08. The first-order chi connectivity index (χ1) is 9.78. The third-order valence-corrected chi connectivity index (χ3v) is 6.06. The predicted molar refractivity (Wildman–Crippen MR) is 89.9 cm³/mol. The standard InChI is InChI=1S/C12H13N3OS4/c1-2-5-17-8-10(16)13-11-14-15-12(20-11)19-7-9-4-3-6-18-9/h2-4,6H,1,5,7-8H2,(H,13,14,16). The maximum absolute atomic E-state index is 11.6. The highest BCUT2D eigenvalue weighted by Crippen LogP contribution is 2.29. The molecule has 2 aromatic rings. The summed E-state index contributed by atoms with van der Waals surface area (Å²) in [4.78, 5) is 12.9. The van der Waals surface area contributed by atoms with E-state index in [0.717, 1.165) is 15.8 Å². The Morgan fingerprint density at radius 3 is 3.15 bits per heavy atom. The minimum absolute atomic E-state index is 0.0530. The Kier molecular flexibility index (Phi) is 6.58. The fraction of sp³-hybridized carbons (Fsp3) is 0.250. The van der Waals surface area contributed by atoms with Crippen LogP contribution in [0, 0.1) is 0 Å². The molecule has 1 N–H and O–H groups in total. The molecule has 106 valence electrons. The normalized spacial score (nSPS) is 10.4. The lowest BCUT2D eigenvalue weighted by molar-refractivity contribution is -0.113. The Labute approximate surface area is 134 Å². The van der Waals surface area contributed by atoms with Gasteiger partial charge >= 0.3 is 0 Å². The number of thiophene rings is 1. The van der Waals surface area contributed by atoms with Crippen molar-refractivity contribution in [3.8, 4) is 0 Å². The second kappa shape index (κ2) is 8.46. The molecule has 0 unspecified atom stereocenters. The van der Waals surface area contributed by atoms with E-state index in [9.17, 15) is 4.79 Å². The van der Waals surface area contributed by atoms with Gasteiger partial charge in [0.25, 0.3) is 0 Å². The molecule has 1 amide bonds. The minimum atomic E-state index is -0.0530. The third-order valence-electron chi connectivity index (χ3n) is 2.04. The van der Waals surface area contributed by atoms with E-state index in [1.54, 1.807) is 29.2 Å². The molecule has 0 saturated heterocycles. The topological polar surface area (TPSA) is 54.9 Å². The number of carbonyl (C=O) groups excluding carboxylic acids is 1. The van der Waals surface area contributed by atoms with E-state index >= 15 is 0 Å². The first-order valence-electron chi connectivity index (χ1n) is 5.75. The number of carbonyl (C=O) groups is 1. The number of hydrogen-bond acceptors (Lipinski definition) is 7. The third kappa shape index (κ3) is 5.28. The van der Waals surface area contributed by atoms with Gasteiger partial charge in [-0.05, 0) is 11.4 Å². The van der Waals surface area contributed by atoms with E-state index in [0.29, 0.717) is 10.9 Å². The summed E-state index contributed by atoms with van der Waals surface area (Å²) < 4.78 is 0.868. The van der Waals surface area contributed by atoms with E-state index in [-0.39, 0.29) is 5.91 Å². The van der Waals surface area contributed by atoms with Crippen LogP contribution in [0.2, 0.25) is 0 Å². The molecule has 0 radical (unpaired) electrons. The molecule has 0 aromatic carbocycles. The summed E-state index contributed by atoms with van der Waals surface area (Å²) in [5.41, 5.74) is 0. The molecule has 20 heavy (non-hydrogen) atoms. The van der Waals surface area contributed by atoms with Gasteiger partial charge in [-0.15, -0.1) is 39.9 Å². The van der Waals surface area contributed by atoms with Crippen LogP contribution in [0.25, 0.3) is 0 Å². The van der Waals surface area contributed by atoms with Crippen molar-refractivity contribution in [3.05, 3.63) is 35.0 Å². The molecule has 4 nitrogen and oxygen atoms in total. The van der Waals surface area contributed by atoms with Crippen LogP contribution in [0.15, 0.2) is 34.5 Å². The molecule has 0 aliphatic carbocycles. The maximum atomic E-state index is 11.6. The van der Waals surface area contributed by atoms with Gasteiger partial charge < -0.3 is 0 Å². The smallest absolute Gasteiger partial charge is 0.236 e. The summed E-state index contributed by atoms with van der Waals surface area (Å²) in [6.45, 7) is 3.61. The van der Waals surface area contributed by atoms with Gasteiger partial charge in [-0.25, -0.2) is 0 Å². The summed E-state index contributed by atoms with van der Waals surface area (Å²) in [7, 11) is 0. The first-order valence-corrected chi connectivity index (χ1v) is 9.58. The Morgan fingerprint density at radius 2 is 2.40 bits per heavy atom. The van der Waals surface area contributed by atoms with Gasteiger partial charge in [0, 0.05) is 16.4 Å². The quantitative estimate of drug-likeness (QED) is 0.342. The maximum Gasteiger partial charge on any atom is 0.236 e. The summed E-state index contributed by atoms with van der Waals surface area (Å²) in [5.74, 6) is 2.01. The van der Waals surface area contributed by atoms with Crippen LogP contribution in [0.3, 0.4) is 0 Å². The van der Waals surface area contributed by atoms with Crippen LogP contribution in [-0.4, -0.2) is 27.6 Å². The minimum Gasteiger partial charge on any atom is -0.300 e. The zero-order chi connectivity index (χ0) is 14.2. The Bertz CT molecular complexity index is 553. The molecular weight excluding hydrogens is 330 g/mol. The zero-order valence-corrected chi connectivity index (χ0v) is 13.8. The van der Waals surface area contributed by atoms with Crippen LogP contribution in [-0.2, 0) is 10.5 Å². The average Bonchev–Trinajstić information content (AvgIpc) is 3.08. The lowest BCUT2D eigenvalue weighted by Crippen LogP contribution is -2.13.